The van der Waals surface area contributed by atoms with Gasteiger partial charge in [-0.1, -0.05) is 29.8 Å². The molecule has 3 heteroatoms. The molecule has 4 fully saturated rings. The Morgan fingerprint density at radius 1 is 1.04 bits per heavy atom. The highest BCUT2D eigenvalue weighted by atomic mass is 79.9. The maximum absolute atomic E-state index is 12.4. The maximum atomic E-state index is 12.4. The van der Waals surface area contributed by atoms with Crippen molar-refractivity contribution in [3.63, 3.8) is 0 Å². The van der Waals surface area contributed by atoms with E-state index in [2.05, 4.69) is 29.8 Å². The smallest absolute Gasteiger partial charge is 0.147 e. The van der Waals surface area contributed by atoms with Crippen molar-refractivity contribution in [3.8, 4) is 0 Å². The molecule has 24 heavy (non-hydrogen) atoms. The summed E-state index contributed by atoms with van der Waals surface area (Å²) in [6, 6.07) is 0. The summed E-state index contributed by atoms with van der Waals surface area (Å²) in [7, 11) is 0. The molecule has 0 aromatic carbocycles. The van der Waals surface area contributed by atoms with E-state index in [9.17, 15) is 9.59 Å². The van der Waals surface area contributed by atoms with Crippen LogP contribution in [0.3, 0.4) is 0 Å². The Bertz CT molecular complexity index is 586. The van der Waals surface area contributed by atoms with Gasteiger partial charge in [0.1, 0.15) is 11.6 Å². The first-order valence-electron chi connectivity index (χ1n) is 9.94. The lowest BCUT2D eigenvalue weighted by molar-refractivity contribution is -0.141. The van der Waals surface area contributed by atoms with E-state index < -0.39 is 0 Å². The summed E-state index contributed by atoms with van der Waals surface area (Å²) in [5, 5.41) is 0. The van der Waals surface area contributed by atoms with Crippen LogP contribution in [0.5, 0.6) is 0 Å². The summed E-state index contributed by atoms with van der Waals surface area (Å²) < 4.78 is -0.296. The highest BCUT2D eigenvalue weighted by Gasteiger charge is 2.65. The molecule has 0 aliphatic heterocycles. The van der Waals surface area contributed by atoms with Gasteiger partial charge in [0.25, 0.3) is 0 Å². The predicted molar refractivity (Wildman–Crippen MR) is 99.1 cm³/mol. The lowest BCUT2D eigenvalue weighted by Gasteiger charge is -2.60. The van der Waals surface area contributed by atoms with Crippen LogP contribution in [0.15, 0.2) is 0 Å². The van der Waals surface area contributed by atoms with Crippen LogP contribution < -0.4 is 0 Å². The first-order valence-corrected chi connectivity index (χ1v) is 10.7. The third-order valence-corrected chi connectivity index (χ3v) is 11.0. The van der Waals surface area contributed by atoms with Crippen molar-refractivity contribution in [1.29, 1.82) is 0 Å². The van der Waals surface area contributed by atoms with Gasteiger partial charge in [-0.05, 0) is 86.4 Å². The molecule has 4 saturated carbocycles. The zero-order valence-corrected chi connectivity index (χ0v) is 17.0. The quantitative estimate of drug-likeness (QED) is 0.563. The number of halogens is 1. The van der Waals surface area contributed by atoms with Gasteiger partial charge < -0.3 is 0 Å². The monoisotopic (exact) mass is 394 g/mol. The highest BCUT2D eigenvalue weighted by molar-refractivity contribution is 9.10. The summed E-state index contributed by atoms with van der Waals surface area (Å²) >= 11 is 3.92. The summed E-state index contributed by atoms with van der Waals surface area (Å²) in [6.07, 6.45) is 9.86. The van der Waals surface area contributed by atoms with E-state index in [1.165, 1.54) is 32.1 Å². The van der Waals surface area contributed by atoms with Gasteiger partial charge in [0.15, 0.2) is 0 Å². The van der Waals surface area contributed by atoms with Gasteiger partial charge in [0.2, 0.25) is 0 Å². The molecule has 0 radical (unpaired) electrons. The summed E-state index contributed by atoms with van der Waals surface area (Å²) in [5.41, 5.74) is 0.486. The predicted octanol–water partition coefficient (Wildman–Crippen LogP) is 5.32. The fraction of sp³-hybridized carbons (Fsp3) is 0.905. The number of carbonyl (C=O) groups is 2. The number of ketones is 2. The molecule has 0 aromatic heterocycles. The van der Waals surface area contributed by atoms with Crippen molar-refractivity contribution < 1.29 is 9.59 Å². The largest absolute Gasteiger partial charge is 0.300 e. The minimum Gasteiger partial charge on any atom is -0.300 e. The van der Waals surface area contributed by atoms with Gasteiger partial charge in [-0.15, -0.1) is 0 Å². The summed E-state index contributed by atoms with van der Waals surface area (Å²) in [6.45, 7) is 6.65. The van der Waals surface area contributed by atoms with Crippen LogP contribution in [0.4, 0.5) is 0 Å². The SMILES string of the molecule is CC(=O)[C@]1(Br)CC[C@H]2[C@@H]3CCC4CC(=O)CC[C@]4(C)[C@H]3CC[C@@]21C. The fourth-order valence-corrected chi connectivity index (χ4v) is 8.33. The zero-order chi connectivity index (χ0) is 17.3. The van der Waals surface area contributed by atoms with Crippen LogP contribution in [-0.2, 0) is 9.59 Å². The normalized spacial score (nSPS) is 53.9. The zero-order valence-electron chi connectivity index (χ0n) is 15.4. The van der Waals surface area contributed by atoms with E-state index in [0.717, 1.165) is 37.5 Å². The van der Waals surface area contributed by atoms with Gasteiger partial charge in [-0.3, -0.25) is 9.59 Å². The van der Waals surface area contributed by atoms with Gasteiger partial charge in [0.05, 0.1) is 4.32 Å². The van der Waals surface area contributed by atoms with E-state index in [1.807, 2.05) is 0 Å². The highest BCUT2D eigenvalue weighted by Crippen LogP contribution is 2.69. The Labute approximate surface area is 154 Å². The van der Waals surface area contributed by atoms with Crippen LogP contribution in [-0.4, -0.2) is 15.9 Å². The average molecular weight is 395 g/mol. The van der Waals surface area contributed by atoms with E-state index in [4.69, 9.17) is 0 Å². The van der Waals surface area contributed by atoms with Crippen molar-refractivity contribution in [2.75, 3.05) is 0 Å². The second-order valence-corrected chi connectivity index (χ2v) is 11.1. The van der Waals surface area contributed by atoms with E-state index in [1.54, 1.807) is 6.92 Å². The maximum Gasteiger partial charge on any atom is 0.147 e. The van der Waals surface area contributed by atoms with Crippen LogP contribution in [0, 0.1) is 34.5 Å². The minimum atomic E-state index is -0.296. The lowest BCUT2D eigenvalue weighted by atomic mass is 9.44. The number of hydrogen-bond acceptors (Lipinski definition) is 2. The van der Waals surface area contributed by atoms with Crippen LogP contribution in [0.25, 0.3) is 0 Å². The molecule has 0 heterocycles. The average Bonchev–Trinajstić information content (AvgIpc) is 2.81. The lowest BCUT2D eigenvalue weighted by Crippen LogP contribution is -2.56. The second-order valence-electron chi connectivity index (χ2n) is 9.75. The molecule has 7 atom stereocenters. The van der Waals surface area contributed by atoms with Crippen molar-refractivity contribution in [1.82, 2.24) is 0 Å². The Hall–Kier alpha value is -0.180. The van der Waals surface area contributed by atoms with Gasteiger partial charge in [0, 0.05) is 12.8 Å². The Balaban J connectivity index is 1.66. The van der Waals surface area contributed by atoms with Crippen LogP contribution >= 0.6 is 15.9 Å². The molecule has 1 unspecified atom stereocenters. The molecular weight excluding hydrogens is 364 g/mol. The van der Waals surface area contributed by atoms with Crippen molar-refractivity contribution in [2.45, 2.75) is 82.9 Å². The molecule has 0 spiro atoms. The number of alkyl halides is 1. The van der Waals surface area contributed by atoms with Crippen molar-refractivity contribution >= 4 is 27.5 Å². The fourth-order valence-electron chi connectivity index (χ4n) is 7.61. The first kappa shape index (κ1) is 17.2. The number of carbonyl (C=O) groups excluding carboxylic acids is 2. The number of Topliss-reactive ketones (excluding diaryl/α,β-unsaturated/α-hetero) is 2. The number of fused-ring (bicyclic) bond motifs is 5. The topological polar surface area (TPSA) is 34.1 Å². The van der Waals surface area contributed by atoms with Gasteiger partial charge in [-0.25, -0.2) is 0 Å². The molecule has 4 aliphatic carbocycles. The first-order chi connectivity index (χ1) is 11.2. The molecule has 2 nitrogen and oxygen atoms in total. The van der Waals surface area contributed by atoms with Gasteiger partial charge in [-0.2, -0.15) is 0 Å². The molecule has 0 bridgehead atoms. The molecule has 134 valence electrons. The van der Waals surface area contributed by atoms with E-state index in [0.29, 0.717) is 28.8 Å². The summed E-state index contributed by atoms with van der Waals surface area (Å²) in [5.74, 6) is 3.64. The minimum absolute atomic E-state index is 0.119. The molecule has 0 aromatic rings. The molecule has 4 aliphatic rings. The summed E-state index contributed by atoms with van der Waals surface area (Å²) in [4.78, 5) is 24.4. The molecule has 0 saturated heterocycles. The number of rotatable bonds is 1. The Kier molecular flexibility index (Phi) is 3.89. The molecule has 0 N–H and O–H groups in total. The van der Waals surface area contributed by atoms with Crippen LogP contribution in [0.1, 0.15) is 78.6 Å². The third-order valence-electron chi connectivity index (χ3n) is 9.13. The second kappa shape index (κ2) is 5.41. The Morgan fingerprint density at radius 2 is 1.75 bits per heavy atom. The number of hydrogen-bond donors (Lipinski definition) is 0. The van der Waals surface area contributed by atoms with E-state index in [-0.39, 0.29) is 9.74 Å². The molecule has 0 amide bonds. The molecule has 4 rings (SSSR count). The van der Waals surface area contributed by atoms with Crippen molar-refractivity contribution in [3.05, 3.63) is 0 Å². The van der Waals surface area contributed by atoms with Gasteiger partial charge >= 0.3 is 0 Å². The third kappa shape index (κ3) is 2.06. The molecular formula is C21H31BrO2. The Morgan fingerprint density at radius 3 is 2.46 bits per heavy atom. The van der Waals surface area contributed by atoms with Crippen LogP contribution in [0.2, 0.25) is 0 Å². The standard InChI is InChI=1S/C21H31BrO2/c1-13(23)21(22)11-8-18-16-5-4-14-12-15(24)6-9-19(14,2)17(16)7-10-20(18,21)3/h14,16-18H,4-12H2,1-3H3/t14?,16-,17+,18+,19+,20+,21-/m1/s1. The van der Waals surface area contributed by atoms with E-state index >= 15 is 0 Å². The van der Waals surface area contributed by atoms with Crippen molar-refractivity contribution in [2.24, 2.45) is 34.5 Å².